The highest BCUT2D eigenvalue weighted by atomic mass is 14.7. The maximum Gasteiger partial charge on any atom is 0.0397 e. The van der Waals surface area contributed by atoms with Gasteiger partial charge < -0.3 is 0 Å². The van der Waals surface area contributed by atoms with Crippen molar-refractivity contribution in [1.82, 2.24) is 0 Å². The first kappa shape index (κ1) is 13.2. The van der Waals surface area contributed by atoms with Crippen LogP contribution in [0.3, 0.4) is 0 Å². The second kappa shape index (κ2) is 5.79. The lowest BCUT2D eigenvalue weighted by atomic mass is 9.99. The molecule has 0 spiro atoms. The standard InChI is InChI=1S/C13H23N/c1-7-12(9-8-11(2)3)14-10-13(4,5)6/h8-10H,7H2,1-6H3/b12-9-,14-10-. The van der Waals surface area contributed by atoms with Crippen LogP contribution in [-0.4, -0.2) is 6.21 Å². The Morgan fingerprint density at radius 1 is 1.14 bits per heavy atom. The van der Waals surface area contributed by atoms with Gasteiger partial charge in [0.1, 0.15) is 0 Å². The minimum atomic E-state index is 0.166. The van der Waals surface area contributed by atoms with Crippen LogP contribution in [0.15, 0.2) is 28.4 Å². The molecule has 0 amide bonds. The zero-order chi connectivity index (χ0) is 11.2. The largest absolute Gasteiger partial charge is 0.265 e. The van der Waals surface area contributed by atoms with Crippen LogP contribution in [0.5, 0.6) is 0 Å². The van der Waals surface area contributed by atoms with E-state index in [0.29, 0.717) is 0 Å². The highest BCUT2D eigenvalue weighted by molar-refractivity contribution is 5.65. The van der Waals surface area contributed by atoms with Gasteiger partial charge in [-0.3, -0.25) is 4.99 Å². The summed E-state index contributed by atoms with van der Waals surface area (Å²) in [6.45, 7) is 12.8. The lowest BCUT2D eigenvalue weighted by Gasteiger charge is -2.10. The second-order valence-corrected chi connectivity index (χ2v) is 4.88. The predicted molar refractivity (Wildman–Crippen MR) is 65.8 cm³/mol. The molecule has 1 heteroatoms. The molecule has 0 aromatic carbocycles. The van der Waals surface area contributed by atoms with E-state index < -0.39 is 0 Å². The molecule has 0 heterocycles. The van der Waals surface area contributed by atoms with Gasteiger partial charge in [-0.05, 0) is 31.8 Å². The van der Waals surface area contributed by atoms with Crippen molar-refractivity contribution in [3.8, 4) is 0 Å². The fourth-order valence-electron chi connectivity index (χ4n) is 0.792. The number of hydrogen-bond donors (Lipinski definition) is 0. The first-order valence-corrected chi connectivity index (χ1v) is 5.24. The van der Waals surface area contributed by atoms with E-state index >= 15 is 0 Å². The Morgan fingerprint density at radius 2 is 1.71 bits per heavy atom. The number of nitrogens with zero attached hydrogens (tertiary/aromatic N) is 1. The summed E-state index contributed by atoms with van der Waals surface area (Å²) in [7, 11) is 0. The highest BCUT2D eigenvalue weighted by Crippen LogP contribution is 2.11. The Morgan fingerprint density at radius 3 is 2.07 bits per heavy atom. The minimum absolute atomic E-state index is 0.166. The molecular formula is C13H23N. The first-order chi connectivity index (χ1) is 6.35. The summed E-state index contributed by atoms with van der Waals surface area (Å²) in [5, 5.41) is 0. The Hall–Kier alpha value is -0.850. The van der Waals surface area contributed by atoms with E-state index in [4.69, 9.17) is 0 Å². The molecule has 0 aliphatic carbocycles. The molecule has 1 nitrogen and oxygen atoms in total. The number of rotatable bonds is 3. The maximum atomic E-state index is 4.48. The monoisotopic (exact) mass is 193 g/mol. The molecule has 0 fully saturated rings. The summed E-state index contributed by atoms with van der Waals surface area (Å²) in [5.41, 5.74) is 2.61. The summed E-state index contributed by atoms with van der Waals surface area (Å²) >= 11 is 0. The van der Waals surface area contributed by atoms with E-state index in [2.05, 4.69) is 58.7 Å². The summed E-state index contributed by atoms with van der Waals surface area (Å²) < 4.78 is 0. The maximum absolute atomic E-state index is 4.48. The summed E-state index contributed by atoms with van der Waals surface area (Å²) in [4.78, 5) is 4.48. The number of aliphatic imine (C=N–C) groups is 1. The van der Waals surface area contributed by atoms with Gasteiger partial charge in [-0.2, -0.15) is 0 Å². The fraction of sp³-hybridized carbons (Fsp3) is 0.615. The van der Waals surface area contributed by atoms with Crippen LogP contribution in [0.25, 0.3) is 0 Å². The molecule has 0 saturated heterocycles. The van der Waals surface area contributed by atoms with Crippen molar-refractivity contribution in [2.75, 3.05) is 0 Å². The van der Waals surface area contributed by atoms with E-state index in [0.717, 1.165) is 12.1 Å². The molecule has 0 atom stereocenters. The van der Waals surface area contributed by atoms with Crippen LogP contribution in [-0.2, 0) is 0 Å². The predicted octanol–water partition coefficient (Wildman–Crippen LogP) is 4.36. The van der Waals surface area contributed by atoms with Crippen LogP contribution in [0.1, 0.15) is 48.0 Å². The number of allylic oxidation sites excluding steroid dienone is 4. The fourth-order valence-corrected chi connectivity index (χ4v) is 0.792. The van der Waals surface area contributed by atoms with Crippen molar-refractivity contribution in [3.63, 3.8) is 0 Å². The molecule has 0 aliphatic heterocycles. The van der Waals surface area contributed by atoms with Gasteiger partial charge in [0.25, 0.3) is 0 Å². The summed E-state index contributed by atoms with van der Waals surface area (Å²) in [6.07, 6.45) is 7.20. The van der Waals surface area contributed by atoms with Gasteiger partial charge in [-0.1, -0.05) is 39.3 Å². The van der Waals surface area contributed by atoms with Gasteiger partial charge in [0.15, 0.2) is 0 Å². The molecular weight excluding hydrogens is 170 g/mol. The third kappa shape index (κ3) is 7.78. The van der Waals surface area contributed by atoms with Crippen LogP contribution >= 0.6 is 0 Å². The normalized spacial score (nSPS) is 13.4. The van der Waals surface area contributed by atoms with Gasteiger partial charge in [-0.15, -0.1) is 0 Å². The lowest BCUT2D eigenvalue weighted by molar-refractivity contribution is 0.606. The van der Waals surface area contributed by atoms with E-state index in [1.54, 1.807) is 0 Å². The number of hydrogen-bond acceptors (Lipinski definition) is 1. The molecule has 0 aromatic heterocycles. The van der Waals surface area contributed by atoms with Crippen LogP contribution in [0, 0.1) is 5.41 Å². The average Bonchev–Trinajstić information content (AvgIpc) is 2.02. The van der Waals surface area contributed by atoms with Gasteiger partial charge >= 0.3 is 0 Å². The highest BCUT2D eigenvalue weighted by Gasteiger charge is 2.04. The summed E-state index contributed by atoms with van der Waals surface area (Å²) in [5.74, 6) is 0. The molecule has 0 bridgehead atoms. The van der Waals surface area contributed by atoms with Gasteiger partial charge in [-0.25, -0.2) is 0 Å². The second-order valence-electron chi connectivity index (χ2n) is 4.88. The van der Waals surface area contributed by atoms with E-state index in [9.17, 15) is 0 Å². The van der Waals surface area contributed by atoms with Crippen molar-refractivity contribution in [2.45, 2.75) is 48.0 Å². The van der Waals surface area contributed by atoms with Crippen LogP contribution < -0.4 is 0 Å². The Kier molecular flexibility index (Phi) is 5.44. The average molecular weight is 193 g/mol. The Balaban J connectivity index is 4.53. The molecule has 0 radical (unpaired) electrons. The zero-order valence-corrected chi connectivity index (χ0v) is 10.4. The van der Waals surface area contributed by atoms with Crippen molar-refractivity contribution in [2.24, 2.45) is 10.4 Å². The Bertz CT molecular complexity index is 245. The molecule has 0 unspecified atom stereocenters. The Labute approximate surface area is 88.6 Å². The first-order valence-electron chi connectivity index (χ1n) is 5.24. The molecule has 14 heavy (non-hydrogen) atoms. The molecule has 80 valence electrons. The molecule has 0 N–H and O–H groups in total. The van der Waals surface area contributed by atoms with Crippen LogP contribution in [0.4, 0.5) is 0 Å². The SMILES string of the molecule is CCC(=C/C=C(C)C)/N=C\C(C)(C)C. The van der Waals surface area contributed by atoms with E-state index in [-0.39, 0.29) is 5.41 Å². The lowest BCUT2D eigenvalue weighted by Crippen LogP contribution is -2.05. The minimum Gasteiger partial charge on any atom is -0.265 e. The molecule has 0 saturated carbocycles. The zero-order valence-electron chi connectivity index (χ0n) is 10.4. The topological polar surface area (TPSA) is 12.4 Å². The molecule has 0 rings (SSSR count). The smallest absolute Gasteiger partial charge is 0.0397 e. The van der Waals surface area contributed by atoms with Crippen molar-refractivity contribution in [3.05, 3.63) is 23.4 Å². The van der Waals surface area contributed by atoms with Crippen LogP contribution in [0.2, 0.25) is 0 Å². The van der Waals surface area contributed by atoms with Gasteiger partial charge in [0.05, 0.1) is 0 Å². The van der Waals surface area contributed by atoms with Crippen molar-refractivity contribution in [1.29, 1.82) is 0 Å². The molecule has 0 aliphatic rings. The van der Waals surface area contributed by atoms with Gasteiger partial charge in [0.2, 0.25) is 0 Å². The van der Waals surface area contributed by atoms with Crippen molar-refractivity contribution >= 4 is 6.21 Å². The van der Waals surface area contributed by atoms with E-state index in [1.807, 2.05) is 6.21 Å². The third-order valence-corrected chi connectivity index (χ3v) is 1.59. The van der Waals surface area contributed by atoms with Crippen molar-refractivity contribution < 1.29 is 0 Å². The summed E-state index contributed by atoms with van der Waals surface area (Å²) in [6, 6.07) is 0. The quantitative estimate of drug-likeness (QED) is 0.466. The van der Waals surface area contributed by atoms with E-state index in [1.165, 1.54) is 5.57 Å². The van der Waals surface area contributed by atoms with Gasteiger partial charge in [0, 0.05) is 11.9 Å². The third-order valence-electron chi connectivity index (χ3n) is 1.59. The molecule has 0 aromatic rings.